The van der Waals surface area contributed by atoms with Gasteiger partial charge in [0.25, 0.3) is 0 Å². The highest BCUT2D eigenvalue weighted by molar-refractivity contribution is 7.99. The van der Waals surface area contributed by atoms with Gasteiger partial charge in [0.15, 0.2) is 0 Å². The van der Waals surface area contributed by atoms with Crippen LogP contribution in [0.1, 0.15) is 31.9 Å². The lowest BCUT2D eigenvalue weighted by molar-refractivity contribution is 0.224. The lowest BCUT2D eigenvalue weighted by Crippen LogP contribution is -2.20. The van der Waals surface area contributed by atoms with E-state index in [1.54, 1.807) is 7.11 Å². The highest BCUT2D eigenvalue weighted by atomic mass is 32.2. The Balaban J connectivity index is 1.57. The second-order valence-corrected chi connectivity index (χ2v) is 12.7. The summed E-state index contributed by atoms with van der Waals surface area (Å²) in [5, 5.41) is 21.4. The molecule has 0 radical (unpaired) electrons. The quantitative estimate of drug-likeness (QED) is 0.227. The summed E-state index contributed by atoms with van der Waals surface area (Å²) >= 11 is 1.31. The monoisotopic (exact) mass is 556 g/mol. The normalized spacial score (nSPS) is 12.9. The molecule has 39 heavy (non-hydrogen) atoms. The minimum absolute atomic E-state index is 0.0145. The maximum atomic E-state index is 12.9. The van der Waals surface area contributed by atoms with Gasteiger partial charge in [-0.05, 0) is 59.0 Å². The van der Waals surface area contributed by atoms with E-state index in [9.17, 15) is 14.6 Å². The molecule has 200 valence electrons. The van der Waals surface area contributed by atoms with Crippen LogP contribution in [0, 0.1) is 11.3 Å². The van der Waals surface area contributed by atoms with Crippen molar-refractivity contribution in [3.8, 4) is 34.2 Å². The van der Waals surface area contributed by atoms with Crippen LogP contribution in [0.2, 0.25) is 0 Å². The zero-order chi connectivity index (χ0) is 28.0. The van der Waals surface area contributed by atoms with Crippen molar-refractivity contribution in [2.24, 2.45) is 0 Å². The Bertz CT molecular complexity index is 1470. The van der Waals surface area contributed by atoms with Gasteiger partial charge in [0.1, 0.15) is 16.8 Å². The first-order chi connectivity index (χ1) is 18.7. The molecule has 1 N–H and O–H groups in total. The van der Waals surface area contributed by atoms with Crippen LogP contribution in [0.5, 0.6) is 5.75 Å². The molecular formula is C32H32N2O3S2. The highest BCUT2D eigenvalue weighted by Gasteiger charge is 2.19. The molecule has 0 fully saturated rings. The third-order valence-electron chi connectivity index (χ3n) is 6.31. The van der Waals surface area contributed by atoms with Crippen LogP contribution >= 0.6 is 11.8 Å². The molecule has 4 aromatic rings. The molecule has 2 unspecified atom stereocenters. The zero-order valence-electron chi connectivity index (χ0n) is 22.5. The Morgan fingerprint density at radius 2 is 1.67 bits per heavy atom. The molecule has 0 aliphatic rings. The van der Waals surface area contributed by atoms with Crippen molar-refractivity contribution in [3.63, 3.8) is 0 Å². The van der Waals surface area contributed by atoms with Crippen LogP contribution in [0.15, 0.2) is 94.9 Å². The van der Waals surface area contributed by atoms with Crippen molar-refractivity contribution in [3.05, 3.63) is 96.1 Å². The van der Waals surface area contributed by atoms with Gasteiger partial charge in [-0.25, -0.2) is 4.98 Å². The first kappa shape index (κ1) is 28.6. The lowest BCUT2D eigenvalue weighted by Gasteiger charge is -2.19. The summed E-state index contributed by atoms with van der Waals surface area (Å²) in [7, 11) is 0.276. The number of rotatable bonds is 9. The van der Waals surface area contributed by atoms with Crippen molar-refractivity contribution >= 4 is 22.6 Å². The number of aliphatic hydroxyl groups excluding tert-OH is 1. The smallest absolute Gasteiger partial charge is 0.118 e. The Kier molecular flexibility index (Phi) is 9.24. The molecule has 5 nitrogen and oxygen atoms in total. The number of benzene rings is 3. The van der Waals surface area contributed by atoms with Gasteiger partial charge in [-0.1, -0.05) is 63.2 Å². The molecule has 0 spiro atoms. The van der Waals surface area contributed by atoms with Gasteiger partial charge in [-0.15, -0.1) is 11.8 Å². The number of nitriles is 1. The first-order valence-corrected chi connectivity index (χ1v) is 14.9. The Labute approximate surface area is 237 Å². The van der Waals surface area contributed by atoms with Gasteiger partial charge in [-0.3, -0.25) is 4.21 Å². The molecule has 7 heteroatoms. The van der Waals surface area contributed by atoms with Crippen LogP contribution in [0.3, 0.4) is 0 Å². The van der Waals surface area contributed by atoms with Gasteiger partial charge in [0.2, 0.25) is 0 Å². The number of aliphatic hydroxyl groups is 1. The van der Waals surface area contributed by atoms with Crippen LogP contribution in [-0.2, 0) is 16.2 Å². The fourth-order valence-electron chi connectivity index (χ4n) is 4.09. The lowest BCUT2D eigenvalue weighted by atomic mass is 9.87. The van der Waals surface area contributed by atoms with Crippen LogP contribution in [0.4, 0.5) is 0 Å². The number of pyridine rings is 1. The fourth-order valence-corrected chi connectivity index (χ4v) is 6.27. The summed E-state index contributed by atoms with van der Waals surface area (Å²) < 4.78 is 18.2. The summed E-state index contributed by atoms with van der Waals surface area (Å²) in [6, 6.07) is 29.3. The molecule has 1 heterocycles. The van der Waals surface area contributed by atoms with Crippen LogP contribution in [-0.4, -0.2) is 39.0 Å². The van der Waals surface area contributed by atoms with E-state index in [4.69, 9.17) is 9.72 Å². The molecule has 0 saturated carbocycles. The second kappa shape index (κ2) is 12.6. The first-order valence-electron chi connectivity index (χ1n) is 12.6. The number of methoxy groups -OCH3 is 1. The average molecular weight is 557 g/mol. The maximum Gasteiger partial charge on any atom is 0.118 e. The molecule has 0 amide bonds. The van der Waals surface area contributed by atoms with E-state index in [1.807, 2.05) is 84.9 Å². The van der Waals surface area contributed by atoms with Crippen molar-refractivity contribution in [1.29, 1.82) is 5.26 Å². The molecular weight excluding hydrogens is 524 g/mol. The van der Waals surface area contributed by atoms with Gasteiger partial charge >= 0.3 is 0 Å². The fraction of sp³-hybridized carbons (Fsp3) is 0.250. The molecule has 0 bridgehead atoms. The van der Waals surface area contributed by atoms with E-state index >= 15 is 0 Å². The Hall–Kier alpha value is -3.44. The van der Waals surface area contributed by atoms with Gasteiger partial charge in [0.05, 0.1) is 41.0 Å². The molecule has 2 atom stereocenters. The van der Waals surface area contributed by atoms with Crippen LogP contribution in [0.25, 0.3) is 22.4 Å². The van der Waals surface area contributed by atoms with Crippen molar-refractivity contribution in [1.82, 2.24) is 4.98 Å². The molecule has 1 aromatic heterocycles. The van der Waals surface area contributed by atoms with E-state index < -0.39 is 16.9 Å². The Morgan fingerprint density at radius 1 is 1.00 bits per heavy atom. The number of aromatic nitrogens is 1. The summed E-state index contributed by atoms with van der Waals surface area (Å²) in [4.78, 5) is 5.50. The number of thioether (sulfide) groups is 1. The van der Waals surface area contributed by atoms with E-state index in [-0.39, 0.29) is 16.9 Å². The summed E-state index contributed by atoms with van der Waals surface area (Å²) in [5.41, 5.74) is 4.93. The predicted molar refractivity (Wildman–Crippen MR) is 160 cm³/mol. The minimum Gasteiger partial charge on any atom is -0.497 e. The Morgan fingerprint density at radius 3 is 2.26 bits per heavy atom. The number of nitrogens with zero attached hydrogens (tertiary/aromatic N) is 2. The molecule has 4 rings (SSSR count). The largest absolute Gasteiger partial charge is 0.497 e. The molecule has 0 saturated heterocycles. The van der Waals surface area contributed by atoms with E-state index in [2.05, 4.69) is 26.8 Å². The molecule has 0 aliphatic carbocycles. The van der Waals surface area contributed by atoms with Crippen LogP contribution < -0.4 is 4.74 Å². The van der Waals surface area contributed by atoms with Gasteiger partial charge in [0, 0.05) is 21.8 Å². The number of hydrogen-bond donors (Lipinski definition) is 1. The SMILES string of the molecule is COc1ccc(-c2cc(-c3ccccc3)c(C#N)c(SCC(O)CS(=O)c3ccc(C(C)(C)C)cc3)n2)cc1. The molecule has 0 aliphatic heterocycles. The minimum atomic E-state index is -1.35. The van der Waals surface area contributed by atoms with Gasteiger partial charge < -0.3 is 9.84 Å². The van der Waals surface area contributed by atoms with Crippen molar-refractivity contribution in [2.75, 3.05) is 18.6 Å². The zero-order valence-corrected chi connectivity index (χ0v) is 24.2. The third kappa shape index (κ3) is 7.15. The highest BCUT2D eigenvalue weighted by Crippen LogP contribution is 2.35. The van der Waals surface area contributed by atoms with Crippen molar-refractivity contribution < 1.29 is 14.1 Å². The van der Waals surface area contributed by atoms with E-state index in [0.717, 1.165) is 28.1 Å². The average Bonchev–Trinajstić information content (AvgIpc) is 2.95. The number of ether oxygens (including phenoxy) is 1. The van der Waals surface area contributed by atoms with Crippen molar-refractivity contribution in [2.45, 2.75) is 42.2 Å². The topological polar surface area (TPSA) is 83.2 Å². The predicted octanol–water partition coefficient (Wildman–Crippen LogP) is 6.85. The summed E-state index contributed by atoms with van der Waals surface area (Å²) in [5.74, 6) is 1.11. The van der Waals surface area contributed by atoms with E-state index in [0.29, 0.717) is 15.5 Å². The third-order valence-corrected chi connectivity index (χ3v) is 8.91. The van der Waals surface area contributed by atoms with E-state index in [1.165, 1.54) is 17.3 Å². The maximum absolute atomic E-state index is 12.9. The molecule has 3 aromatic carbocycles. The summed E-state index contributed by atoms with van der Waals surface area (Å²) in [6.07, 6.45) is -0.837. The van der Waals surface area contributed by atoms with Gasteiger partial charge in [-0.2, -0.15) is 5.26 Å². The second-order valence-electron chi connectivity index (χ2n) is 10.2. The summed E-state index contributed by atoms with van der Waals surface area (Å²) in [6.45, 7) is 6.41. The standard InChI is InChI=1S/C32H32N2O3S2/c1-32(2,3)24-12-16-27(17-13-24)39(36)21-25(35)20-38-31-29(19-33)28(22-8-6-5-7-9-22)18-30(34-31)23-10-14-26(37-4)15-11-23/h5-18,25,35H,20-21H2,1-4H3. The number of hydrogen-bond acceptors (Lipinski definition) is 6.